The summed E-state index contributed by atoms with van der Waals surface area (Å²) in [5.74, 6) is 0. The van der Waals surface area contributed by atoms with Crippen LogP contribution in [0.2, 0.25) is 6.32 Å². The van der Waals surface area contributed by atoms with Crippen molar-refractivity contribution in [2.24, 2.45) is 0 Å². The zero-order chi connectivity index (χ0) is 17.8. The molecule has 4 fully saturated rings. The molecule has 1 aliphatic heterocycles. The molecule has 6 heteroatoms. The maximum Gasteiger partial charge on any atom is 0.290 e. The standard InChI is InChI=1S/C20H38B3N3/c1-2-23-25(19-14-8-4-9-15-19)21-24(18-12-6-3-7-13-18)22-26(23)20-16-10-5-11-17-20/h18-20H,2-17H2,1H3. The van der Waals surface area contributed by atoms with Crippen molar-refractivity contribution in [1.82, 2.24) is 14.2 Å². The van der Waals surface area contributed by atoms with Crippen molar-refractivity contribution in [2.45, 2.75) is 128 Å². The SMILES string of the molecule is CCB1N(C2CCCCC2)[B]N(C2CCCCC2)[B]N1C1CCCCC1. The van der Waals surface area contributed by atoms with Crippen molar-refractivity contribution in [3.63, 3.8) is 0 Å². The molecule has 1 heterocycles. The van der Waals surface area contributed by atoms with Crippen molar-refractivity contribution in [3.05, 3.63) is 0 Å². The summed E-state index contributed by atoms with van der Waals surface area (Å²) in [6, 6.07) is 2.30. The Labute approximate surface area is 164 Å². The minimum absolute atomic E-state index is 0.598. The van der Waals surface area contributed by atoms with Crippen LogP contribution in [0.4, 0.5) is 0 Å². The fraction of sp³-hybridized carbons (Fsp3) is 1.00. The number of hydrogen-bond acceptors (Lipinski definition) is 3. The molecule has 0 spiro atoms. The molecule has 3 saturated carbocycles. The Hall–Kier alpha value is 0.0748. The summed E-state index contributed by atoms with van der Waals surface area (Å²) in [5.41, 5.74) is 0. The van der Waals surface area contributed by atoms with Gasteiger partial charge < -0.3 is 14.2 Å². The molecule has 142 valence electrons. The first-order chi connectivity index (χ1) is 12.9. The fourth-order valence-corrected chi connectivity index (χ4v) is 6.07. The lowest BCUT2D eigenvalue weighted by Crippen LogP contribution is -2.73. The van der Waals surface area contributed by atoms with E-state index in [1.165, 1.54) is 103 Å². The van der Waals surface area contributed by atoms with E-state index in [1.54, 1.807) is 0 Å². The summed E-state index contributed by atoms with van der Waals surface area (Å²) in [6.07, 6.45) is 22.6. The fourth-order valence-electron chi connectivity index (χ4n) is 6.07. The third-order valence-corrected chi connectivity index (χ3v) is 7.58. The predicted octanol–water partition coefficient (Wildman–Crippen LogP) is 4.48. The minimum atomic E-state index is 0.598. The van der Waals surface area contributed by atoms with E-state index in [4.69, 9.17) is 0 Å². The zero-order valence-electron chi connectivity index (χ0n) is 17.1. The van der Waals surface area contributed by atoms with E-state index in [0.717, 1.165) is 18.1 Å². The van der Waals surface area contributed by atoms with Gasteiger partial charge in [0.15, 0.2) is 0 Å². The first-order valence-corrected chi connectivity index (χ1v) is 11.9. The average Bonchev–Trinajstić information content (AvgIpc) is 2.74. The molecule has 4 rings (SSSR count). The topological polar surface area (TPSA) is 9.72 Å². The molecule has 0 unspecified atom stereocenters. The summed E-state index contributed by atoms with van der Waals surface area (Å²) in [5, 5.41) is 0. The minimum Gasteiger partial charge on any atom is -0.362 e. The van der Waals surface area contributed by atoms with Crippen molar-refractivity contribution >= 4 is 22.1 Å². The van der Waals surface area contributed by atoms with Crippen LogP contribution in [0.3, 0.4) is 0 Å². The van der Waals surface area contributed by atoms with Crippen LogP contribution in [0.1, 0.15) is 103 Å². The van der Waals surface area contributed by atoms with Crippen molar-refractivity contribution in [3.8, 4) is 0 Å². The molecule has 26 heavy (non-hydrogen) atoms. The van der Waals surface area contributed by atoms with Gasteiger partial charge in [0.25, 0.3) is 22.1 Å². The van der Waals surface area contributed by atoms with Crippen molar-refractivity contribution < 1.29 is 0 Å². The van der Waals surface area contributed by atoms with Gasteiger partial charge in [0.2, 0.25) is 0 Å². The second-order valence-electron chi connectivity index (χ2n) is 9.34. The highest BCUT2D eigenvalue weighted by molar-refractivity contribution is 6.74. The summed E-state index contributed by atoms with van der Waals surface area (Å²) in [7, 11) is 5.14. The third-order valence-electron chi connectivity index (χ3n) is 7.58. The first-order valence-electron chi connectivity index (χ1n) is 11.9. The Bertz CT molecular complexity index is 393. The number of hydrogen-bond donors (Lipinski definition) is 0. The quantitative estimate of drug-likeness (QED) is 0.690. The van der Waals surface area contributed by atoms with E-state index in [1.807, 2.05) is 0 Å². The summed E-state index contributed by atoms with van der Waals surface area (Å²) in [4.78, 5) is 0. The second-order valence-corrected chi connectivity index (χ2v) is 9.34. The molecule has 0 amide bonds. The molecule has 2 radical (unpaired) electrons. The highest BCUT2D eigenvalue weighted by atomic mass is 15.3. The van der Waals surface area contributed by atoms with Crippen LogP contribution in [0.25, 0.3) is 0 Å². The molecular formula is C20H38B3N3. The monoisotopic (exact) mass is 353 g/mol. The van der Waals surface area contributed by atoms with Crippen molar-refractivity contribution in [2.75, 3.05) is 0 Å². The smallest absolute Gasteiger partial charge is 0.290 e. The lowest BCUT2D eigenvalue weighted by atomic mass is 9.52. The van der Waals surface area contributed by atoms with Gasteiger partial charge in [0.05, 0.1) is 0 Å². The summed E-state index contributed by atoms with van der Waals surface area (Å²) < 4.78 is 8.30. The molecule has 1 saturated heterocycles. The van der Waals surface area contributed by atoms with Gasteiger partial charge >= 0.3 is 0 Å². The normalized spacial score (nSPS) is 29.5. The van der Waals surface area contributed by atoms with E-state index < -0.39 is 0 Å². The highest BCUT2D eigenvalue weighted by Crippen LogP contribution is 2.32. The van der Waals surface area contributed by atoms with Gasteiger partial charge in [-0.15, -0.1) is 0 Å². The maximum absolute atomic E-state index is 2.82. The van der Waals surface area contributed by atoms with Gasteiger partial charge in [-0.25, -0.2) is 0 Å². The molecule has 0 aromatic heterocycles. The average molecular weight is 353 g/mol. The van der Waals surface area contributed by atoms with E-state index in [0.29, 0.717) is 6.98 Å². The van der Waals surface area contributed by atoms with E-state index in [-0.39, 0.29) is 0 Å². The molecule has 3 aliphatic carbocycles. The Morgan fingerprint density at radius 3 is 1.38 bits per heavy atom. The van der Waals surface area contributed by atoms with Gasteiger partial charge in [0, 0.05) is 0 Å². The van der Waals surface area contributed by atoms with E-state index >= 15 is 0 Å². The van der Waals surface area contributed by atoms with Crippen LogP contribution in [-0.4, -0.2) is 54.4 Å². The summed E-state index contributed by atoms with van der Waals surface area (Å²) >= 11 is 0. The lowest BCUT2D eigenvalue weighted by Gasteiger charge is -2.54. The first kappa shape index (κ1) is 19.4. The Balaban J connectivity index is 1.53. The Kier molecular flexibility index (Phi) is 7.10. The molecular weight excluding hydrogens is 315 g/mol. The zero-order valence-corrected chi connectivity index (χ0v) is 17.1. The van der Waals surface area contributed by atoms with Crippen LogP contribution in [-0.2, 0) is 0 Å². The maximum atomic E-state index is 2.82. The summed E-state index contributed by atoms with van der Waals surface area (Å²) in [6.45, 7) is 3.01. The lowest BCUT2D eigenvalue weighted by molar-refractivity contribution is 0.245. The predicted molar refractivity (Wildman–Crippen MR) is 114 cm³/mol. The molecule has 0 atom stereocenters. The van der Waals surface area contributed by atoms with E-state index in [9.17, 15) is 0 Å². The Morgan fingerprint density at radius 1 is 0.615 bits per heavy atom. The van der Waals surface area contributed by atoms with Gasteiger partial charge in [-0.1, -0.05) is 64.7 Å². The molecule has 0 bridgehead atoms. The van der Waals surface area contributed by atoms with Crippen LogP contribution in [0.15, 0.2) is 0 Å². The number of nitrogens with zero attached hydrogens (tertiary/aromatic N) is 3. The molecule has 4 aliphatic rings. The van der Waals surface area contributed by atoms with Crippen LogP contribution in [0.5, 0.6) is 0 Å². The highest BCUT2D eigenvalue weighted by Gasteiger charge is 2.45. The van der Waals surface area contributed by atoms with Crippen LogP contribution >= 0.6 is 0 Å². The molecule has 3 nitrogen and oxygen atoms in total. The van der Waals surface area contributed by atoms with E-state index in [2.05, 4.69) is 36.2 Å². The molecule has 0 aromatic rings. The van der Waals surface area contributed by atoms with Crippen LogP contribution in [0, 0.1) is 0 Å². The Morgan fingerprint density at radius 2 is 1.00 bits per heavy atom. The van der Waals surface area contributed by atoms with Crippen molar-refractivity contribution in [1.29, 1.82) is 0 Å². The second kappa shape index (κ2) is 9.52. The largest absolute Gasteiger partial charge is 0.362 e. The third kappa shape index (κ3) is 4.38. The van der Waals surface area contributed by atoms with Gasteiger partial charge in [0.1, 0.15) is 0 Å². The van der Waals surface area contributed by atoms with Gasteiger partial charge in [-0.2, -0.15) is 0 Å². The van der Waals surface area contributed by atoms with Gasteiger partial charge in [-0.3, -0.25) is 0 Å². The molecule has 0 N–H and O–H groups in total. The van der Waals surface area contributed by atoms with Crippen LogP contribution < -0.4 is 0 Å². The van der Waals surface area contributed by atoms with Gasteiger partial charge in [-0.05, 0) is 63.0 Å². The number of rotatable bonds is 4. The molecule has 0 aromatic carbocycles.